The summed E-state index contributed by atoms with van der Waals surface area (Å²) >= 11 is 6.14. The van der Waals surface area contributed by atoms with E-state index >= 15 is 0 Å². The van der Waals surface area contributed by atoms with Gasteiger partial charge in [0.05, 0.1) is 23.7 Å². The van der Waals surface area contributed by atoms with Crippen molar-refractivity contribution in [3.05, 3.63) is 70.2 Å². The van der Waals surface area contributed by atoms with Crippen LogP contribution in [0.5, 0.6) is 0 Å². The van der Waals surface area contributed by atoms with Crippen molar-refractivity contribution >= 4 is 17.5 Å². The summed E-state index contributed by atoms with van der Waals surface area (Å²) in [5, 5.41) is 0.492. The number of ether oxygens (including phenoxy) is 1. The Morgan fingerprint density at radius 2 is 1.91 bits per heavy atom. The van der Waals surface area contributed by atoms with Crippen LogP contribution in [0.2, 0.25) is 5.02 Å². The Bertz CT molecular complexity index is 686. The quantitative estimate of drug-likeness (QED) is 0.842. The Morgan fingerprint density at radius 3 is 2.68 bits per heavy atom. The van der Waals surface area contributed by atoms with Crippen molar-refractivity contribution in [3.8, 4) is 0 Å². The third-order valence-electron chi connectivity index (χ3n) is 3.99. The first-order chi connectivity index (χ1) is 10.7. The number of nitrogens with zero attached hydrogens (tertiary/aromatic N) is 1. The smallest absolute Gasteiger partial charge is 0.255 e. The summed E-state index contributed by atoms with van der Waals surface area (Å²) in [6, 6.07) is 15.3. The standard InChI is InChI=1S/C18H18ClNO2/c1-13-6-2-3-7-14(13)17-12-20(10-11-22-17)18(21)15-8-4-5-9-16(15)19/h2-9,17H,10-12H2,1H3. The van der Waals surface area contributed by atoms with E-state index in [0.29, 0.717) is 30.3 Å². The zero-order valence-corrected chi connectivity index (χ0v) is 13.2. The molecule has 3 rings (SSSR count). The molecule has 0 aromatic heterocycles. The molecule has 1 fully saturated rings. The molecular formula is C18H18ClNO2. The zero-order chi connectivity index (χ0) is 15.5. The van der Waals surface area contributed by atoms with Gasteiger partial charge in [0, 0.05) is 6.54 Å². The van der Waals surface area contributed by atoms with E-state index in [1.165, 1.54) is 5.56 Å². The molecule has 1 atom stereocenters. The van der Waals surface area contributed by atoms with Gasteiger partial charge in [-0.2, -0.15) is 0 Å². The molecule has 0 radical (unpaired) electrons. The zero-order valence-electron chi connectivity index (χ0n) is 12.5. The monoisotopic (exact) mass is 315 g/mol. The van der Waals surface area contributed by atoms with Crippen molar-refractivity contribution in [2.24, 2.45) is 0 Å². The van der Waals surface area contributed by atoms with Crippen molar-refractivity contribution in [1.29, 1.82) is 0 Å². The van der Waals surface area contributed by atoms with E-state index in [0.717, 1.165) is 5.56 Å². The van der Waals surface area contributed by atoms with Crippen LogP contribution in [0, 0.1) is 6.92 Å². The summed E-state index contributed by atoms with van der Waals surface area (Å²) in [5.74, 6) is -0.0347. The van der Waals surface area contributed by atoms with Crippen molar-refractivity contribution in [1.82, 2.24) is 4.90 Å². The molecule has 0 bridgehead atoms. The Hall–Kier alpha value is -1.84. The van der Waals surface area contributed by atoms with Gasteiger partial charge in [0.1, 0.15) is 6.10 Å². The third kappa shape index (κ3) is 3.01. The summed E-state index contributed by atoms with van der Waals surface area (Å²) in [6.07, 6.45) is -0.0820. The molecule has 1 aliphatic rings. The molecular weight excluding hydrogens is 298 g/mol. The van der Waals surface area contributed by atoms with Gasteiger partial charge in [0.2, 0.25) is 0 Å². The lowest BCUT2D eigenvalue weighted by Crippen LogP contribution is -2.42. The van der Waals surface area contributed by atoms with Gasteiger partial charge < -0.3 is 9.64 Å². The molecule has 0 spiro atoms. The molecule has 2 aromatic rings. The Balaban J connectivity index is 1.80. The molecule has 0 saturated carbocycles. The van der Waals surface area contributed by atoms with Crippen LogP contribution in [-0.2, 0) is 4.74 Å². The number of rotatable bonds is 2. The van der Waals surface area contributed by atoms with Crippen LogP contribution in [0.15, 0.2) is 48.5 Å². The second-order valence-corrected chi connectivity index (χ2v) is 5.85. The van der Waals surface area contributed by atoms with E-state index in [9.17, 15) is 4.79 Å². The number of benzene rings is 2. The maximum atomic E-state index is 12.7. The minimum absolute atomic E-state index is 0.0347. The summed E-state index contributed by atoms with van der Waals surface area (Å²) in [4.78, 5) is 14.5. The van der Waals surface area contributed by atoms with Crippen molar-refractivity contribution in [2.45, 2.75) is 13.0 Å². The van der Waals surface area contributed by atoms with Gasteiger partial charge in [0.25, 0.3) is 5.91 Å². The number of carbonyl (C=O) groups is 1. The first-order valence-corrected chi connectivity index (χ1v) is 7.75. The third-order valence-corrected chi connectivity index (χ3v) is 4.32. The normalized spacial score (nSPS) is 18.3. The second-order valence-electron chi connectivity index (χ2n) is 5.45. The van der Waals surface area contributed by atoms with E-state index < -0.39 is 0 Å². The highest BCUT2D eigenvalue weighted by atomic mass is 35.5. The van der Waals surface area contributed by atoms with Crippen LogP contribution in [0.4, 0.5) is 0 Å². The van der Waals surface area contributed by atoms with Gasteiger partial charge in [-0.1, -0.05) is 48.0 Å². The van der Waals surface area contributed by atoms with E-state index in [4.69, 9.17) is 16.3 Å². The number of hydrogen-bond acceptors (Lipinski definition) is 2. The Kier molecular flexibility index (Phi) is 4.46. The average Bonchev–Trinajstić information content (AvgIpc) is 2.55. The van der Waals surface area contributed by atoms with Crippen molar-refractivity contribution < 1.29 is 9.53 Å². The summed E-state index contributed by atoms with van der Waals surface area (Å²) in [6.45, 7) is 3.74. The molecule has 3 nitrogen and oxygen atoms in total. The van der Waals surface area contributed by atoms with E-state index in [2.05, 4.69) is 19.1 Å². The maximum absolute atomic E-state index is 12.7. The lowest BCUT2D eigenvalue weighted by Gasteiger charge is -2.34. The van der Waals surface area contributed by atoms with Gasteiger partial charge in [0.15, 0.2) is 0 Å². The van der Waals surface area contributed by atoms with Crippen LogP contribution in [0.3, 0.4) is 0 Å². The van der Waals surface area contributed by atoms with Gasteiger partial charge in [-0.05, 0) is 30.2 Å². The van der Waals surface area contributed by atoms with Gasteiger partial charge in [-0.3, -0.25) is 4.79 Å². The molecule has 2 aromatic carbocycles. The SMILES string of the molecule is Cc1ccccc1C1CN(C(=O)c2ccccc2Cl)CCO1. The number of hydrogen-bond donors (Lipinski definition) is 0. The highest BCUT2D eigenvalue weighted by Gasteiger charge is 2.27. The lowest BCUT2D eigenvalue weighted by molar-refractivity contribution is -0.0230. The predicted octanol–water partition coefficient (Wildman–Crippen LogP) is 3.86. The molecule has 1 saturated heterocycles. The van der Waals surface area contributed by atoms with Crippen LogP contribution in [0.25, 0.3) is 0 Å². The molecule has 1 heterocycles. The highest BCUT2D eigenvalue weighted by Crippen LogP contribution is 2.26. The molecule has 1 aliphatic heterocycles. The van der Waals surface area contributed by atoms with Crippen LogP contribution in [0.1, 0.15) is 27.6 Å². The lowest BCUT2D eigenvalue weighted by atomic mass is 10.0. The first-order valence-electron chi connectivity index (χ1n) is 7.38. The average molecular weight is 316 g/mol. The molecule has 0 aliphatic carbocycles. The molecule has 1 unspecified atom stereocenters. The number of carbonyl (C=O) groups excluding carboxylic acids is 1. The van der Waals surface area contributed by atoms with Gasteiger partial charge in [-0.15, -0.1) is 0 Å². The van der Waals surface area contributed by atoms with Gasteiger partial charge >= 0.3 is 0 Å². The largest absolute Gasteiger partial charge is 0.370 e. The molecule has 4 heteroatoms. The van der Waals surface area contributed by atoms with Crippen molar-refractivity contribution in [2.75, 3.05) is 19.7 Å². The molecule has 0 N–H and O–H groups in total. The summed E-state index contributed by atoms with van der Waals surface area (Å²) in [7, 11) is 0. The topological polar surface area (TPSA) is 29.5 Å². The van der Waals surface area contributed by atoms with E-state index in [1.807, 2.05) is 29.2 Å². The minimum atomic E-state index is -0.0820. The number of halogens is 1. The Morgan fingerprint density at radius 1 is 1.18 bits per heavy atom. The van der Waals surface area contributed by atoms with Crippen LogP contribution in [-0.4, -0.2) is 30.5 Å². The molecule has 114 valence electrons. The fourth-order valence-corrected chi connectivity index (χ4v) is 2.99. The van der Waals surface area contributed by atoms with Crippen LogP contribution < -0.4 is 0 Å². The van der Waals surface area contributed by atoms with E-state index in [-0.39, 0.29) is 12.0 Å². The first kappa shape index (κ1) is 15.1. The highest BCUT2D eigenvalue weighted by molar-refractivity contribution is 6.33. The maximum Gasteiger partial charge on any atom is 0.255 e. The Labute approximate surface area is 135 Å². The second kappa shape index (κ2) is 6.51. The number of aryl methyl sites for hydroxylation is 1. The minimum Gasteiger partial charge on any atom is -0.370 e. The predicted molar refractivity (Wildman–Crippen MR) is 87.2 cm³/mol. The molecule has 1 amide bonds. The fraction of sp³-hybridized carbons (Fsp3) is 0.278. The number of amides is 1. The summed E-state index contributed by atoms with van der Waals surface area (Å²) < 4.78 is 5.86. The summed E-state index contributed by atoms with van der Waals surface area (Å²) in [5.41, 5.74) is 2.87. The number of morpholine rings is 1. The molecule has 22 heavy (non-hydrogen) atoms. The van der Waals surface area contributed by atoms with Gasteiger partial charge in [-0.25, -0.2) is 0 Å². The van der Waals surface area contributed by atoms with Crippen molar-refractivity contribution in [3.63, 3.8) is 0 Å². The van der Waals surface area contributed by atoms with E-state index in [1.54, 1.807) is 12.1 Å². The van der Waals surface area contributed by atoms with Crippen LogP contribution >= 0.6 is 11.6 Å². The fourth-order valence-electron chi connectivity index (χ4n) is 2.77.